The number of nitrogens with two attached hydrogens (primary N) is 1. The van der Waals surface area contributed by atoms with Crippen LogP contribution in [0.1, 0.15) is 98.6 Å². The van der Waals surface area contributed by atoms with Gasteiger partial charge in [0.1, 0.15) is 5.75 Å². The van der Waals surface area contributed by atoms with Crippen LogP contribution < -0.4 is 15.8 Å². The van der Waals surface area contributed by atoms with Crippen LogP contribution in [0.2, 0.25) is 0 Å². The minimum absolute atomic E-state index is 0.0497. The van der Waals surface area contributed by atoms with Crippen molar-refractivity contribution in [2.24, 2.45) is 11.7 Å². The number of rotatable bonds is 13. The van der Waals surface area contributed by atoms with Crippen LogP contribution in [0.25, 0.3) is 0 Å². The van der Waals surface area contributed by atoms with E-state index in [1.165, 1.54) is 11.1 Å². The van der Waals surface area contributed by atoms with Crippen molar-refractivity contribution in [1.82, 2.24) is 5.32 Å². The molecule has 1 aromatic carbocycles. The molecular formula is C26H46N2O2. The van der Waals surface area contributed by atoms with Crippen molar-refractivity contribution in [1.29, 1.82) is 0 Å². The summed E-state index contributed by atoms with van der Waals surface area (Å²) >= 11 is 0. The molecule has 0 fully saturated rings. The van der Waals surface area contributed by atoms with E-state index >= 15 is 0 Å². The lowest BCUT2D eigenvalue weighted by Crippen LogP contribution is -2.44. The largest absolute Gasteiger partial charge is 0.493 e. The second kappa shape index (κ2) is 11.7. The summed E-state index contributed by atoms with van der Waals surface area (Å²) in [5.41, 5.74) is 8.86. The predicted octanol–water partition coefficient (Wildman–Crippen LogP) is 5.71. The maximum atomic E-state index is 12.1. The van der Waals surface area contributed by atoms with Gasteiger partial charge in [0.25, 0.3) is 0 Å². The van der Waals surface area contributed by atoms with Gasteiger partial charge in [-0.15, -0.1) is 0 Å². The molecule has 2 atom stereocenters. The van der Waals surface area contributed by atoms with E-state index in [0.717, 1.165) is 37.9 Å². The van der Waals surface area contributed by atoms with Crippen molar-refractivity contribution in [2.45, 2.75) is 104 Å². The lowest BCUT2D eigenvalue weighted by molar-refractivity contribution is -0.123. The number of hydrogen-bond acceptors (Lipinski definition) is 3. The van der Waals surface area contributed by atoms with Gasteiger partial charge in [-0.2, -0.15) is 0 Å². The van der Waals surface area contributed by atoms with E-state index in [4.69, 9.17) is 10.5 Å². The monoisotopic (exact) mass is 418 g/mol. The van der Waals surface area contributed by atoms with Crippen LogP contribution in [0.3, 0.4) is 0 Å². The molecule has 0 aliphatic heterocycles. The molecule has 0 aromatic heterocycles. The molecule has 0 spiro atoms. The molecule has 0 aliphatic rings. The number of nitrogens with one attached hydrogen (secondary N) is 1. The topological polar surface area (TPSA) is 64.4 Å². The summed E-state index contributed by atoms with van der Waals surface area (Å²) in [6.07, 6.45) is 4.85. The van der Waals surface area contributed by atoms with Crippen molar-refractivity contribution in [3.63, 3.8) is 0 Å². The summed E-state index contributed by atoms with van der Waals surface area (Å²) in [6, 6.07) is 6.28. The molecule has 0 saturated carbocycles. The second-order valence-corrected chi connectivity index (χ2v) is 9.94. The van der Waals surface area contributed by atoms with Crippen LogP contribution in [0.4, 0.5) is 0 Å². The second-order valence-electron chi connectivity index (χ2n) is 9.94. The quantitative estimate of drug-likeness (QED) is 0.403. The lowest BCUT2D eigenvalue weighted by Gasteiger charge is -2.30. The molecule has 3 N–H and O–H groups in total. The average Bonchev–Trinajstić information content (AvgIpc) is 2.74. The summed E-state index contributed by atoms with van der Waals surface area (Å²) in [5, 5.41) is 2.95. The van der Waals surface area contributed by atoms with Crippen molar-refractivity contribution in [3.05, 3.63) is 29.3 Å². The van der Waals surface area contributed by atoms with Gasteiger partial charge in [-0.05, 0) is 54.1 Å². The van der Waals surface area contributed by atoms with E-state index in [-0.39, 0.29) is 22.7 Å². The van der Waals surface area contributed by atoms with Gasteiger partial charge in [0, 0.05) is 12.1 Å². The van der Waals surface area contributed by atoms with E-state index in [1.807, 2.05) is 6.92 Å². The minimum Gasteiger partial charge on any atom is -0.493 e. The van der Waals surface area contributed by atoms with Crippen LogP contribution in [0, 0.1) is 5.92 Å². The molecule has 0 unspecified atom stereocenters. The number of benzene rings is 1. The Kier molecular flexibility index (Phi) is 10.4. The first-order valence-corrected chi connectivity index (χ1v) is 11.8. The third kappa shape index (κ3) is 7.30. The number of carbonyl (C=O) groups is 1. The van der Waals surface area contributed by atoms with Crippen molar-refractivity contribution < 1.29 is 9.53 Å². The van der Waals surface area contributed by atoms with E-state index in [9.17, 15) is 4.79 Å². The smallest absolute Gasteiger partial charge is 0.237 e. The Bertz CT molecular complexity index is 667. The number of carbonyl (C=O) groups excluding carboxylic acids is 1. The van der Waals surface area contributed by atoms with Gasteiger partial charge < -0.3 is 15.8 Å². The number of ether oxygens (including phenoxy) is 1. The summed E-state index contributed by atoms with van der Waals surface area (Å²) in [7, 11) is 0. The highest BCUT2D eigenvalue weighted by atomic mass is 16.5. The van der Waals surface area contributed by atoms with E-state index in [1.54, 1.807) is 0 Å². The van der Waals surface area contributed by atoms with Crippen molar-refractivity contribution >= 4 is 5.91 Å². The molecule has 0 heterocycles. The van der Waals surface area contributed by atoms with E-state index < -0.39 is 6.04 Å². The first kappa shape index (κ1) is 26.5. The molecule has 30 heavy (non-hydrogen) atoms. The van der Waals surface area contributed by atoms with Gasteiger partial charge in [0.2, 0.25) is 5.91 Å². The Labute approximate surface area is 185 Å². The molecular weight excluding hydrogens is 372 g/mol. The van der Waals surface area contributed by atoms with Crippen LogP contribution in [0.5, 0.6) is 5.75 Å². The van der Waals surface area contributed by atoms with Gasteiger partial charge in [0.15, 0.2) is 0 Å². The summed E-state index contributed by atoms with van der Waals surface area (Å²) < 4.78 is 6.20. The fourth-order valence-corrected chi connectivity index (χ4v) is 3.25. The van der Waals surface area contributed by atoms with Crippen molar-refractivity contribution in [2.75, 3.05) is 13.2 Å². The van der Waals surface area contributed by atoms with Gasteiger partial charge >= 0.3 is 0 Å². The number of hydrogen-bond donors (Lipinski definition) is 2. The van der Waals surface area contributed by atoms with Crippen molar-refractivity contribution in [3.8, 4) is 5.75 Å². The zero-order chi connectivity index (χ0) is 22.9. The van der Waals surface area contributed by atoms with E-state index in [0.29, 0.717) is 13.2 Å². The third-order valence-corrected chi connectivity index (χ3v) is 6.95. The Morgan fingerprint density at radius 3 is 2.27 bits per heavy atom. The molecule has 1 aromatic rings. The number of amides is 1. The highest BCUT2D eigenvalue weighted by Gasteiger charge is 2.26. The highest BCUT2D eigenvalue weighted by Crippen LogP contribution is 2.38. The molecule has 1 rings (SSSR count). The van der Waals surface area contributed by atoms with Crippen LogP contribution in [-0.2, 0) is 15.6 Å². The third-order valence-electron chi connectivity index (χ3n) is 6.95. The van der Waals surface area contributed by atoms with Crippen LogP contribution >= 0.6 is 0 Å². The fourth-order valence-electron chi connectivity index (χ4n) is 3.25. The molecule has 1 amide bonds. The predicted molar refractivity (Wildman–Crippen MR) is 128 cm³/mol. The zero-order valence-corrected chi connectivity index (χ0v) is 20.7. The van der Waals surface area contributed by atoms with Crippen LogP contribution in [-0.4, -0.2) is 25.1 Å². The Balaban J connectivity index is 2.66. The Hall–Kier alpha value is -1.55. The fraction of sp³-hybridized carbons (Fsp3) is 0.731. The first-order valence-electron chi connectivity index (χ1n) is 11.8. The minimum atomic E-state index is -0.420. The lowest BCUT2D eigenvalue weighted by atomic mass is 9.76. The van der Waals surface area contributed by atoms with Gasteiger partial charge in [-0.3, -0.25) is 4.79 Å². The number of unbranched alkanes of at least 4 members (excludes halogenated alkanes) is 1. The molecule has 0 bridgehead atoms. The summed E-state index contributed by atoms with van der Waals surface area (Å²) in [6.45, 7) is 19.0. The standard InChI is InChI=1S/C26H46N2O2/c1-9-19(4)23(27)24(29)28-16-12-13-17-30-22-15-14-20(25(5,6)10-2)18-21(22)26(7,8)11-3/h14-15,18-19,23H,9-13,16-17,27H2,1-8H3,(H,28,29)/t19-,23+/m0/s1. The van der Waals surface area contributed by atoms with Gasteiger partial charge in [-0.1, -0.05) is 73.9 Å². The Morgan fingerprint density at radius 1 is 1.07 bits per heavy atom. The molecule has 0 saturated heterocycles. The first-order chi connectivity index (χ1) is 14.0. The molecule has 172 valence electrons. The normalized spacial score (nSPS) is 14.3. The maximum absolute atomic E-state index is 12.1. The molecule has 0 radical (unpaired) electrons. The molecule has 0 aliphatic carbocycles. The van der Waals surface area contributed by atoms with E-state index in [2.05, 4.69) is 72.0 Å². The maximum Gasteiger partial charge on any atom is 0.237 e. The molecule has 4 nitrogen and oxygen atoms in total. The zero-order valence-electron chi connectivity index (χ0n) is 20.7. The highest BCUT2D eigenvalue weighted by molar-refractivity contribution is 5.81. The van der Waals surface area contributed by atoms with Gasteiger partial charge in [0.05, 0.1) is 12.6 Å². The molecule has 4 heteroatoms. The van der Waals surface area contributed by atoms with Gasteiger partial charge in [-0.25, -0.2) is 0 Å². The Morgan fingerprint density at radius 2 is 1.70 bits per heavy atom. The SMILES string of the molecule is CC[C@H](C)[C@@H](N)C(=O)NCCCCOc1ccc(C(C)(C)CC)cc1C(C)(C)CC. The summed E-state index contributed by atoms with van der Waals surface area (Å²) in [5.74, 6) is 1.14. The average molecular weight is 419 g/mol. The summed E-state index contributed by atoms with van der Waals surface area (Å²) in [4.78, 5) is 12.1. The van der Waals surface area contributed by atoms with Crippen LogP contribution in [0.15, 0.2) is 18.2 Å².